The van der Waals surface area contributed by atoms with Crippen LogP contribution in [0.2, 0.25) is 0 Å². The van der Waals surface area contributed by atoms with Crippen LogP contribution in [0, 0.1) is 6.92 Å². The number of benzene rings is 3. The fourth-order valence-electron chi connectivity index (χ4n) is 4.00. The van der Waals surface area contributed by atoms with Crippen molar-refractivity contribution in [2.45, 2.75) is 13.5 Å². The second-order valence-corrected chi connectivity index (χ2v) is 9.36. The average Bonchev–Trinajstić information content (AvgIpc) is 3.56. The molecule has 0 unspecified atom stereocenters. The third-order valence-corrected chi connectivity index (χ3v) is 6.68. The minimum absolute atomic E-state index is 0.270. The molecule has 0 saturated carbocycles. The highest BCUT2D eigenvalue weighted by Crippen LogP contribution is 2.35. The fourth-order valence-corrected chi connectivity index (χ4v) is 4.70. The number of aromatic nitrogens is 3. The molecule has 0 aliphatic rings. The Labute approximate surface area is 219 Å². The van der Waals surface area contributed by atoms with E-state index in [1.54, 1.807) is 25.1 Å². The molecule has 5 rings (SSSR count). The molecule has 37 heavy (non-hydrogen) atoms. The topological polar surface area (TPSA) is 78.3 Å². The van der Waals surface area contributed by atoms with E-state index in [0.29, 0.717) is 40.1 Å². The molecular weight excluding hydrogens is 484 g/mol. The Kier molecular flexibility index (Phi) is 7.00. The maximum absolute atomic E-state index is 13.5. The van der Waals surface area contributed by atoms with E-state index in [0.717, 1.165) is 22.3 Å². The van der Waals surface area contributed by atoms with Gasteiger partial charge in [0.2, 0.25) is 0 Å². The van der Waals surface area contributed by atoms with E-state index in [9.17, 15) is 4.79 Å². The summed E-state index contributed by atoms with van der Waals surface area (Å²) in [5.41, 5.74) is 5.70. The lowest BCUT2D eigenvalue weighted by atomic mass is 10.1. The number of aryl methyl sites for hydroxylation is 1. The molecule has 5 aromatic rings. The lowest BCUT2D eigenvalue weighted by Gasteiger charge is -2.08. The average molecular weight is 511 g/mol. The van der Waals surface area contributed by atoms with Crippen molar-refractivity contribution in [1.82, 2.24) is 14.8 Å². The van der Waals surface area contributed by atoms with Crippen LogP contribution in [0.1, 0.15) is 21.5 Å². The number of rotatable bonds is 8. The SMILES string of the molecule is COc1ccc(OC)c(-c2csc(NC(=O)c3cn(Cc4ccccc4)nc3-c3ccc(C)cc3)n2)c1. The van der Waals surface area contributed by atoms with Crippen molar-refractivity contribution in [2.24, 2.45) is 0 Å². The maximum Gasteiger partial charge on any atom is 0.261 e. The molecule has 7 nitrogen and oxygen atoms in total. The van der Waals surface area contributed by atoms with Crippen LogP contribution in [-0.2, 0) is 6.54 Å². The number of nitrogens with one attached hydrogen (secondary N) is 1. The van der Waals surface area contributed by atoms with Gasteiger partial charge in [-0.25, -0.2) is 4.98 Å². The van der Waals surface area contributed by atoms with Crippen molar-refractivity contribution in [3.63, 3.8) is 0 Å². The molecule has 2 aromatic heterocycles. The molecule has 0 aliphatic carbocycles. The van der Waals surface area contributed by atoms with Gasteiger partial charge < -0.3 is 9.47 Å². The number of carbonyl (C=O) groups excluding carboxylic acids is 1. The van der Waals surface area contributed by atoms with Gasteiger partial charge in [-0.05, 0) is 30.7 Å². The van der Waals surface area contributed by atoms with E-state index in [1.807, 2.05) is 85.1 Å². The van der Waals surface area contributed by atoms with Crippen LogP contribution in [0.4, 0.5) is 5.13 Å². The summed E-state index contributed by atoms with van der Waals surface area (Å²) in [6.07, 6.45) is 1.79. The Balaban J connectivity index is 1.44. The van der Waals surface area contributed by atoms with Gasteiger partial charge in [0.15, 0.2) is 5.13 Å². The Morgan fingerprint density at radius 2 is 1.78 bits per heavy atom. The highest BCUT2D eigenvalue weighted by molar-refractivity contribution is 7.14. The maximum atomic E-state index is 13.5. The fraction of sp³-hybridized carbons (Fsp3) is 0.138. The van der Waals surface area contributed by atoms with Crippen LogP contribution in [0.5, 0.6) is 11.5 Å². The summed E-state index contributed by atoms with van der Waals surface area (Å²) in [5.74, 6) is 1.10. The van der Waals surface area contributed by atoms with Gasteiger partial charge in [-0.3, -0.25) is 14.8 Å². The molecule has 1 N–H and O–H groups in total. The van der Waals surface area contributed by atoms with E-state index >= 15 is 0 Å². The quantitative estimate of drug-likeness (QED) is 0.265. The lowest BCUT2D eigenvalue weighted by Crippen LogP contribution is -2.12. The molecule has 0 atom stereocenters. The summed E-state index contributed by atoms with van der Waals surface area (Å²) in [6, 6.07) is 23.6. The predicted molar refractivity (Wildman–Crippen MR) is 147 cm³/mol. The number of hydrogen-bond acceptors (Lipinski definition) is 6. The van der Waals surface area contributed by atoms with Crippen molar-refractivity contribution in [3.05, 3.63) is 101 Å². The van der Waals surface area contributed by atoms with Crippen molar-refractivity contribution in [1.29, 1.82) is 0 Å². The Hall–Kier alpha value is -4.43. The number of anilines is 1. The predicted octanol–water partition coefficient (Wildman–Crippen LogP) is 6.30. The summed E-state index contributed by atoms with van der Waals surface area (Å²) in [7, 11) is 3.22. The van der Waals surface area contributed by atoms with E-state index < -0.39 is 0 Å². The van der Waals surface area contributed by atoms with Crippen molar-refractivity contribution in [2.75, 3.05) is 19.5 Å². The molecule has 186 valence electrons. The summed E-state index contributed by atoms with van der Waals surface area (Å²) in [6.45, 7) is 2.59. The monoisotopic (exact) mass is 510 g/mol. The lowest BCUT2D eigenvalue weighted by molar-refractivity contribution is 0.102. The van der Waals surface area contributed by atoms with Crippen molar-refractivity contribution in [3.8, 4) is 34.0 Å². The summed E-state index contributed by atoms with van der Waals surface area (Å²) < 4.78 is 12.6. The van der Waals surface area contributed by atoms with E-state index in [-0.39, 0.29) is 5.91 Å². The molecule has 8 heteroatoms. The van der Waals surface area contributed by atoms with E-state index in [4.69, 9.17) is 14.6 Å². The molecule has 0 fully saturated rings. The van der Waals surface area contributed by atoms with Gasteiger partial charge in [0, 0.05) is 22.7 Å². The minimum atomic E-state index is -0.270. The molecule has 0 saturated heterocycles. The second-order valence-electron chi connectivity index (χ2n) is 8.50. The van der Waals surface area contributed by atoms with Gasteiger partial charge in [-0.15, -0.1) is 11.3 Å². The number of nitrogens with zero attached hydrogens (tertiary/aromatic N) is 3. The highest BCUT2D eigenvalue weighted by Gasteiger charge is 2.20. The van der Waals surface area contributed by atoms with Gasteiger partial charge in [0.1, 0.15) is 17.2 Å². The second kappa shape index (κ2) is 10.7. The van der Waals surface area contributed by atoms with Gasteiger partial charge >= 0.3 is 0 Å². The standard InChI is InChI=1S/C29H26N4O3S/c1-19-9-11-21(12-10-19)27-24(17-33(32-27)16-20-7-5-4-6-8-20)28(34)31-29-30-25(18-37-29)23-15-22(35-2)13-14-26(23)36-3/h4-15,17-18H,16H2,1-3H3,(H,30,31,34). The first kappa shape index (κ1) is 24.3. The van der Waals surface area contributed by atoms with Crippen molar-refractivity contribution >= 4 is 22.4 Å². The van der Waals surface area contributed by atoms with E-state index in [1.165, 1.54) is 11.3 Å². The largest absolute Gasteiger partial charge is 0.497 e. The summed E-state index contributed by atoms with van der Waals surface area (Å²) >= 11 is 1.35. The summed E-state index contributed by atoms with van der Waals surface area (Å²) in [5, 5.41) is 10.1. The van der Waals surface area contributed by atoms with Gasteiger partial charge in [0.25, 0.3) is 5.91 Å². The normalized spacial score (nSPS) is 10.8. The first-order valence-electron chi connectivity index (χ1n) is 11.7. The molecule has 1 amide bonds. The highest BCUT2D eigenvalue weighted by atomic mass is 32.1. The van der Waals surface area contributed by atoms with Crippen LogP contribution in [0.15, 0.2) is 84.4 Å². The van der Waals surface area contributed by atoms with Gasteiger partial charge in [-0.1, -0.05) is 60.2 Å². The Bertz CT molecular complexity index is 1520. The minimum Gasteiger partial charge on any atom is -0.497 e. The van der Waals surface area contributed by atoms with Crippen LogP contribution >= 0.6 is 11.3 Å². The number of carbonyl (C=O) groups is 1. The van der Waals surface area contributed by atoms with Crippen LogP contribution in [-0.4, -0.2) is 34.9 Å². The molecule has 0 spiro atoms. The van der Waals surface area contributed by atoms with Crippen LogP contribution in [0.3, 0.4) is 0 Å². The Morgan fingerprint density at radius 1 is 1.00 bits per heavy atom. The first-order valence-corrected chi connectivity index (χ1v) is 12.6. The molecule has 3 aromatic carbocycles. The van der Waals surface area contributed by atoms with Crippen molar-refractivity contribution < 1.29 is 14.3 Å². The number of thiazole rings is 1. The van der Waals surface area contributed by atoms with E-state index in [2.05, 4.69) is 10.3 Å². The number of methoxy groups -OCH3 is 2. The number of ether oxygens (including phenoxy) is 2. The first-order chi connectivity index (χ1) is 18.0. The smallest absolute Gasteiger partial charge is 0.261 e. The number of hydrogen-bond donors (Lipinski definition) is 1. The third-order valence-electron chi connectivity index (χ3n) is 5.93. The van der Waals surface area contributed by atoms with Crippen LogP contribution < -0.4 is 14.8 Å². The zero-order valence-corrected chi connectivity index (χ0v) is 21.6. The molecule has 0 bridgehead atoms. The van der Waals surface area contributed by atoms with Gasteiger partial charge in [-0.2, -0.15) is 5.10 Å². The van der Waals surface area contributed by atoms with Crippen LogP contribution in [0.25, 0.3) is 22.5 Å². The summed E-state index contributed by atoms with van der Waals surface area (Å²) in [4.78, 5) is 18.1. The zero-order valence-electron chi connectivity index (χ0n) is 20.8. The third kappa shape index (κ3) is 5.39. The molecule has 2 heterocycles. The molecular formula is C29H26N4O3S. The number of amides is 1. The Morgan fingerprint density at radius 3 is 2.51 bits per heavy atom. The zero-order chi connectivity index (χ0) is 25.8. The van der Waals surface area contributed by atoms with Gasteiger partial charge in [0.05, 0.1) is 32.0 Å². The molecule has 0 radical (unpaired) electrons. The molecule has 0 aliphatic heterocycles.